The number of amides is 1. The Hall–Kier alpha value is -4.15. The van der Waals surface area contributed by atoms with Crippen molar-refractivity contribution in [2.45, 2.75) is 31.9 Å². The van der Waals surface area contributed by atoms with Crippen molar-refractivity contribution >= 4 is 29.4 Å². The maximum Gasteiger partial charge on any atom is 0.408 e. The SMILES string of the molecule is COC(=O)c1cc([N+](=O)[O-])ccc1NCCCCC(NC(=O)OCc1ccccc1)C(=O)OC. The average molecular weight is 473 g/mol. The third-order valence-corrected chi connectivity index (χ3v) is 4.84. The summed E-state index contributed by atoms with van der Waals surface area (Å²) in [6, 6.07) is 12.1. The molecule has 0 saturated carbocycles. The molecule has 0 fully saturated rings. The number of carbonyl (C=O) groups excluding carboxylic acids is 3. The van der Waals surface area contributed by atoms with Gasteiger partial charge >= 0.3 is 18.0 Å². The van der Waals surface area contributed by atoms with Crippen molar-refractivity contribution in [1.29, 1.82) is 0 Å². The molecule has 2 rings (SSSR count). The zero-order valence-corrected chi connectivity index (χ0v) is 18.9. The first-order valence-electron chi connectivity index (χ1n) is 10.5. The largest absolute Gasteiger partial charge is 0.467 e. The number of nitro benzene ring substituents is 1. The van der Waals surface area contributed by atoms with E-state index in [4.69, 9.17) is 9.47 Å². The first kappa shape index (κ1) is 26.1. The summed E-state index contributed by atoms with van der Waals surface area (Å²) < 4.78 is 14.6. The molecule has 0 spiro atoms. The smallest absolute Gasteiger partial charge is 0.408 e. The number of anilines is 1. The van der Waals surface area contributed by atoms with E-state index in [1.165, 1.54) is 26.4 Å². The van der Waals surface area contributed by atoms with Gasteiger partial charge in [0.25, 0.3) is 5.69 Å². The maximum atomic E-state index is 12.1. The molecule has 0 heterocycles. The standard InChI is InChI=1S/C23H27N3O8/c1-32-21(27)18-14-17(26(30)31)11-12-19(18)24-13-7-6-10-20(22(28)33-2)25-23(29)34-15-16-8-4-3-5-9-16/h3-5,8-9,11-12,14,20,24H,6-7,10,13,15H2,1-2H3,(H,25,29). The molecule has 0 aliphatic carbocycles. The van der Waals surface area contributed by atoms with Crippen LogP contribution in [0.15, 0.2) is 48.5 Å². The van der Waals surface area contributed by atoms with Crippen molar-refractivity contribution in [3.8, 4) is 0 Å². The van der Waals surface area contributed by atoms with Gasteiger partial charge in [-0.2, -0.15) is 0 Å². The molecule has 182 valence electrons. The average Bonchev–Trinajstić information content (AvgIpc) is 2.86. The van der Waals surface area contributed by atoms with E-state index >= 15 is 0 Å². The lowest BCUT2D eigenvalue weighted by molar-refractivity contribution is -0.384. The first-order valence-corrected chi connectivity index (χ1v) is 10.5. The van der Waals surface area contributed by atoms with E-state index in [0.29, 0.717) is 31.5 Å². The van der Waals surface area contributed by atoms with Gasteiger partial charge in [0, 0.05) is 24.4 Å². The number of nitrogens with zero attached hydrogens (tertiary/aromatic N) is 1. The monoisotopic (exact) mass is 473 g/mol. The van der Waals surface area contributed by atoms with Crippen LogP contribution in [0.4, 0.5) is 16.2 Å². The Labute approximate surface area is 196 Å². The van der Waals surface area contributed by atoms with E-state index in [1.807, 2.05) is 30.3 Å². The predicted molar refractivity (Wildman–Crippen MR) is 122 cm³/mol. The number of alkyl carbamates (subject to hydrolysis) is 1. The highest BCUT2D eigenvalue weighted by Crippen LogP contribution is 2.23. The van der Waals surface area contributed by atoms with Gasteiger partial charge in [-0.25, -0.2) is 14.4 Å². The summed E-state index contributed by atoms with van der Waals surface area (Å²) >= 11 is 0. The minimum Gasteiger partial charge on any atom is -0.467 e. The van der Waals surface area contributed by atoms with E-state index in [-0.39, 0.29) is 17.9 Å². The van der Waals surface area contributed by atoms with Crippen molar-refractivity contribution < 1.29 is 33.5 Å². The minimum atomic E-state index is -0.877. The molecule has 11 heteroatoms. The number of methoxy groups -OCH3 is 2. The van der Waals surface area contributed by atoms with Crippen LogP contribution in [0.2, 0.25) is 0 Å². The quantitative estimate of drug-likeness (QED) is 0.156. The molecule has 1 unspecified atom stereocenters. The molecule has 34 heavy (non-hydrogen) atoms. The van der Waals surface area contributed by atoms with Gasteiger partial charge in [0.1, 0.15) is 12.6 Å². The molecule has 0 radical (unpaired) electrons. The molecule has 1 amide bonds. The second kappa shape index (κ2) is 13.4. The van der Waals surface area contributed by atoms with E-state index in [9.17, 15) is 24.5 Å². The Kier molecular flexibility index (Phi) is 10.3. The molecule has 0 bridgehead atoms. The van der Waals surface area contributed by atoms with Crippen molar-refractivity contribution in [2.75, 3.05) is 26.1 Å². The predicted octanol–water partition coefficient (Wildman–Crippen LogP) is 3.43. The third kappa shape index (κ3) is 8.08. The summed E-state index contributed by atoms with van der Waals surface area (Å²) in [5.41, 5.74) is 1.03. The van der Waals surface area contributed by atoms with Crippen molar-refractivity contribution in [2.24, 2.45) is 0 Å². The van der Waals surface area contributed by atoms with Crippen LogP contribution in [0, 0.1) is 10.1 Å². The fourth-order valence-corrected chi connectivity index (χ4v) is 3.07. The number of benzene rings is 2. The van der Waals surface area contributed by atoms with Crippen LogP contribution in [0.25, 0.3) is 0 Å². The van der Waals surface area contributed by atoms with Crippen LogP contribution < -0.4 is 10.6 Å². The first-order chi connectivity index (χ1) is 16.3. The van der Waals surface area contributed by atoms with Gasteiger partial charge in [0.05, 0.1) is 24.7 Å². The van der Waals surface area contributed by atoms with Crippen LogP contribution >= 0.6 is 0 Å². The molecule has 0 aliphatic heterocycles. The topological polar surface area (TPSA) is 146 Å². The van der Waals surface area contributed by atoms with Crippen molar-refractivity contribution in [3.63, 3.8) is 0 Å². The Morgan fingerprint density at radius 1 is 1.03 bits per heavy atom. The molecule has 0 aliphatic rings. The molecular formula is C23H27N3O8. The summed E-state index contributed by atoms with van der Waals surface area (Å²) in [4.78, 5) is 46.4. The lowest BCUT2D eigenvalue weighted by atomic mass is 10.1. The van der Waals surface area contributed by atoms with Gasteiger partial charge in [-0.1, -0.05) is 30.3 Å². The van der Waals surface area contributed by atoms with E-state index in [1.54, 1.807) is 0 Å². The van der Waals surface area contributed by atoms with E-state index < -0.39 is 29.0 Å². The second-order valence-corrected chi connectivity index (χ2v) is 7.18. The highest BCUT2D eigenvalue weighted by molar-refractivity contribution is 5.96. The number of unbranched alkanes of at least 4 members (excludes halogenated alkanes) is 1. The summed E-state index contributed by atoms with van der Waals surface area (Å²) in [5, 5.41) is 16.5. The highest BCUT2D eigenvalue weighted by atomic mass is 16.6. The highest BCUT2D eigenvalue weighted by Gasteiger charge is 2.22. The second-order valence-electron chi connectivity index (χ2n) is 7.18. The minimum absolute atomic E-state index is 0.0481. The molecule has 0 saturated heterocycles. The van der Waals surface area contributed by atoms with Crippen LogP contribution in [-0.4, -0.2) is 49.8 Å². The van der Waals surface area contributed by atoms with Crippen LogP contribution in [0.5, 0.6) is 0 Å². The van der Waals surface area contributed by atoms with Gasteiger partial charge in [-0.05, 0) is 30.9 Å². The van der Waals surface area contributed by atoms with E-state index in [0.717, 1.165) is 11.6 Å². The maximum absolute atomic E-state index is 12.1. The van der Waals surface area contributed by atoms with Crippen molar-refractivity contribution in [1.82, 2.24) is 5.32 Å². The fraction of sp³-hybridized carbons (Fsp3) is 0.348. The molecule has 0 aromatic heterocycles. The summed E-state index contributed by atoms with van der Waals surface area (Å²) in [6.45, 7) is 0.483. The molecular weight excluding hydrogens is 446 g/mol. The Bertz CT molecular complexity index is 997. The van der Waals surface area contributed by atoms with Crippen molar-refractivity contribution in [3.05, 3.63) is 69.8 Å². The number of nitro groups is 1. The number of esters is 2. The lowest BCUT2D eigenvalue weighted by Gasteiger charge is -2.17. The number of hydrogen-bond donors (Lipinski definition) is 2. The number of hydrogen-bond acceptors (Lipinski definition) is 9. The third-order valence-electron chi connectivity index (χ3n) is 4.84. The van der Waals surface area contributed by atoms with Gasteiger partial charge in [0.2, 0.25) is 0 Å². The number of rotatable bonds is 12. The van der Waals surface area contributed by atoms with Gasteiger partial charge < -0.3 is 24.8 Å². The molecule has 2 N–H and O–H groups in total. The van der Waals surface area contributed by atoms with Gasteiger partial charge in [-0.15, -0.1) is 0 Å². The van der Waals surface area contributed by atoms with Gasteiger partial charge in [0.15, 0.2) is 0 Å². The summed E-state index contributed by atoms with van der Waals surface area (Å²) in [7, 11) is 2.42. The number of ether oxygens (including phenoxy) is 3. The normalized spacial score (nSPS) is 11.1. The van der Waals surface area contributed by atoms with E-state index in [2.05, 4.69) is 15.4 Å². The number of non-ortho nitro benzene ring substituents is 1. The molecule has 2 aromatic carbocycles. The number of carbonyl (C=O) groups is 3. The van der Waals surface area contributed by atoms with Crippen LogP contribution in [0.1, 0.15) is 35.2 Å². The lowest BCUT2D eigenvalue weighted by Crippen LogP contribution is -2.41. The summed E-state index contributed by atoms with van der Waals surface area (Å²) in [5.74, 6) is -1.29. The zero-order chi connectivity index (χ0) is 24.9. The molecule has 11 nitrogen and oxygen atoms in total. The van der Waals surface area contributed by atoms with Gasteiger partial charge in [-0.3, -0.25) is 10.1 Å². The van der Waals surface area contributed by atoms with Crippen LogP contribution in [0.3, 0.4) is 0 Å². The summed E-state index contributed by atoms with van der Waals surface area (Å²) in [6.07, 6.45) is 0.683. The molecule has 2 aromatic rings. The zero-order valence-electron chi connectivity index (χ0n) is 18.9. The van der Waals surface area contributed by atoms with Crippen LogP contribution in [-0.2, 0) is 25.6 Å². The number of nitrogens with one attached hydrogen (secondary N) is 2. The Balaban J connectivity index is 1.84. The fourth-order valence-electron chi connectivity index (χ4n) is 3.07. The Morgan fingerprint density at radius 3 is 2.41 bits per heavy atom. The Morgan fingerprint density at radius 2 is 1.76 bits per heavy atom. The molecule has 1 atom stereocenters.